The summed E-state index contributed by atoms with van der Waals surface area (Å²) in [5, 5.41) is 0. The predicted molar refractivity (Wildman–Crippen MR) is 60.2 cm³/mol. The first-order chi connectivity index (χ1) is 8.69. The van der Waals surface area contributed by atoms with Crippen LogP contribution in [-0.4, -0.2) is 18.3 Å². The van der Waals surface area contributed by atoms with E-state index in [0.717, 1.165) is 18.2 Å². The first-order valence-corrected chi connectivity index (χ1v) is 4.67. The van der Waals surface area contributed by atoms with E-state index >= 15 is 0 Å². The Kier molecular flexibility index (Phi) is 4.14. The number of rotatable bonds is 2. The van der Waals surface area contributed by atoms with Gasteiger partial charge in [-0.2, -0.15) is 4.99 Å². The lowest BCUT2D eigenvalue weighted by atomic mass is 10.3. The van der Waals surface area contributed by atoms with E-state index in [1.165, 1.54) is 0 Å². The molecule has 0 amide bonds. The molecule has 6 nitrogen and oxygen atoms in total. The molecule has 0 aromatic heterocycles. The Morgan fingerprint density at radius 2 is 1.79 bits per heavy atom. The third kappa shape index (κ3) is 4.69. The van der Waals surface area contributed by atoms with Crippen molar-refractivity contribution in [2.75, 3.05) is 0 Å². The molecule has 1 aromatic carbocycles. The lowest BCUT2D eigenvalue weighted by Gasteiger charge is -2.10. The molecule has 10 heteroatoms. The van der Waals surface area contributed by atoms with Gasteiger partial charge in [0, 0.05) is 0 Å². The summed E-state index contributed by atoms with van der Waals surface area (Å²) in [5.74, 6) is -3.31. The van der Waals surface area contributed by atoms with Crippen LogP contribution in [0.1, 0.15) is 0 Å². The van der Waals surface area contributed by atoms with Gasteiger partial charge in [0.15, 0.2) is 17.5 Å². The molecule has 0 heterocycles. The molecule has 6 N–H and O–H groups in total. The molecule has 0 atom stereocenters. The second-order valence-corrected chi connectivity index (χ2v) is 3.14. The van der Waals surface area contributed by atoms with Gasteiger partial charge in [0.2, 0.25) is 5.96 Å². The SMILES string of the molecule is NC(N)=NC(N)=Nc1cccc(OC(F)(F)F)c1F. The maximum absolute atomic E-state index is 13.6. The molecule has 0 aliphatic carbocycles. The lowest BCUT2D eigenvalue weighted by molar-refractivity contribution is -0.275. The number of nitrogens with two attached hydrogens (primary N) is 3. The average molecular weight is 279 g/mol. The highest BCUT2D eigenvalue weighted by Gasteiger charge is 2.32. The Labute approximate surface area is 104 Å². The van der Waals surface area contributed by atoms with Gasteiger partial charge in [-0.3, -0.25) is 0 Å². The summed E-state index contributed by atoms with van der Waals surface area (Å²) in [7, 11) is 0. The molecule has 1 rings (SSSR count). The zero-order valence-corrected chi connectivity index (χ0v) is 9.28. The van der Waals surface area contributed by atoms with E-state index in [4.69, 9.17) is 17.2 Å². The Bertz CT molecular complexity index is 522. The van der Waals surface area contributed by atoms with Crippen LogP contribution in [0, 0.1) is 5.82 Å². The normalized spacial score (nSPS) is 12.1. The van der Waals surface area contributed by atoms with Crippen LogP contribution in [-0.2, 0) is 0 Å². The minimum absolute atomic E-state index is 0.427. The molecule has 0 saturated heterocycles. The summed E-state index contributed by atoms with van der Waals surface area (Å²) in [6, 6.07) is 2.97. The van der Waals surface area contributed by atoms with Crippen LogP contribution in [0.2, 0.25) is 0 Å². The Balaban J connectivity index is 3.11. The van der Waals surface area contributed by atoms with Gasteiger partial charge in [-0.15, -0.1) is 13.2 Å². The van der Waals surface area contributed by atoms with Crippen LogP contribution in [0.3, 0.4) is 0 Å². The lowest BCUT2D eigenvalue weighted by Crippen LogP contribution is -2.26. The minimum atomic E-state index is -5.02. The molecule has 0 saturated carbocycles. The van der Waals surface area contributed by atoms with Gasteiger partial charge in [-0.25, -0.2) is 9.38 Å². The van der Waals surface area contributed by atoms with Crippen molar-refractivity contribution in [3.63, 3.8) is 0 Å². The fourth-order valence-corrected chi connectivity index (χ4v) is 1.07. The van der Waals surface area contributed by atoms with E-state index in [1.54, 1.807) is 0 Å². The predicted octanol–water partition coefficient (Wildman–Crippen LogP) is 0.944. The molecule has 0 aliphatic heterocycles. The third-order valence-electron chi connectivity index (χ3n) is 1.65. The summed E-state index contributed by atoms with van der Waals surface area (Å²) in [6.07, 6.45) is -5.02. The number of ether oxygens (including phenoxy) is 1. The summed E-state index contributed by atoms with van der Waals surface area (Å²) in [5.41, 5.74) is 14.7. The largest absolute Gasteiger partial charge is 0.573 e. The van der Waals surface area contributed by atoms with Crippen molar-refractivity contribution in [3.8, 4) is 5.75 Å². The number of alkyl halides is 3. The molecule has 0 spiro atoms. The van der Waals surface area contributed by atoms with Crippen molar-refractivity contribution in [3.05, 3.63) is 24.0 Å². The van der Waals surface area contributed by atoms with Gasteiger partial charge < -0.3 is 21.9 Å². The molecule has 0 bridgehead atoms. The molecule has 0 radical (unpaired) electrons. The van der Waals surface area contributed by atoms with Gasteiger partial charge in [0.25, 0.3) is 0 Å². The molecule has 0 unspecified atom stereocenters. The van der Waals surface area contributed by atoms with E-state index in [9.17, 15) is 17.6 Å². The molecule has 104 valence electrons. The second-order valence-electron chi connectivity index (χ2n) is 3.14. The monoisotopic (exact) mass is 279 g/mol. The first kappa shape index (κ1) is 14.5. The maximum Gasteiger partial charge on any atom is 0.573 e. The molecule has 19 heavy (non-hydrogen) atoms. The van der Waals surface area contributed by atoms with E-state index in [0.29, 0.717) is 0 Å². The maximum atomic E-state index is 13.6. The number of hydrogen-bond donors (Lipinski definition) is 3. The van der Waals surface area contributed by atoms with Crippen LogP contribution >= 0.6 is 0 Å². The zero-order valence-electron chi connectivity index (χ0n) is 9.28. The highest BCUT2D eigenvalue weighted by molar-refractivity contribution is 5.93. The standard InChI is InChI=1S/C9H9F4N5O/c10-6-4(17-8(16)18-7(14)15)2-1-3-5(6)19-9(11,12)13/h1-3H,(H6,14,15,16,17,18). The number of aliphatic imine (C=N–C) groups is 2. The zero-order chi connectivity index (χ0) is 14.6. The highest BCUT2D eigenvalue weighted by Crippen LogP contribution is 2.30. The fraction of sp³-hybridized carbons (Fsp3) is 0.111. The van der Waals surface area contributed by atoms with Crippen LogP contribution in [0.4, 0.5) is 23.2 Å². The quantitative estimate of drug-likeness (QED) is 0.425. The van der Waals surface area contributed by atoms with Crippen molar-refractivity contribution in [2.24, 2.45) is 27.2 Å². The minimum Gasteiger partial charge on any atom is -0.403 e. The molecule has 0 fully saturated rings. The summed E-state index contributed by atoms with van der Waals surface area (Å²) in [4.78, 5) is 6.70. The molecular formula is C9H9F4N5O. The van der Waals surface area contributed by atoms with Gasteiger partial charge >= 0.3 is 6.36 Å². The Morgan fingerprint density at radius 1 is 1.16 bits per heavy atom. The van der Waals surface area contributed by atoms with Crippen molar-refractivity contribution < 1.29 is 22.3 Å². The number of nitrogens with zero attached hydrogens (tertiary/aromatic N) is 2. The van der Waals surface area contributed by atoms with Crippen molar-refractivity contribution in [1.82, 2.24) is 0 Å². The van der Waals surface area contributed by atoms with Crippen molar-refractivity contribution in [1.29, 1.82) is 0 Å². The fourth-order valence-electron chi connectivity index (χ4n) is 1.07. The van der Waals surface area contributed by atoms with Gasteiger partial charge in [0.05, 0.1) is 0 Å². The number of hydrogen-bond acceptors (Lipinski definition) is 2. The summed E-state index contributed by atoms with van der Waals surface area (Å²) in [6.45, 7) is 0. The van der Waals surface area contributed by atoms with Crippen molar-refractivity contribution >= 4 is 17.6 Å². The summed E-state index contributed by atoms with van der Waals surface area (Å²) < 4.78 is 53.0. The second kappa shape index (κ2) is 5.42. The summed E-state index contributed by atoms with van der Waals surface area (Å²) >= 11 is 0. The van der Waals surface area contributed by atoms with Gasteiger partial charge in [-0.05, 0) is 12.1 Å². The number of halogens is 4. The Hall–Kier alpha value is -2.52. The van der Waals surface area contributed by atoms with Crippen LogP contribution in [0.5, 0.6) is 5.75 Å². The topological polar surface area (TPSA) is 112 Å². The van der Waals surface area contributed by atoms with E-state index in [1.807, 2.05) is 0 Å². The number of benzene rings is 1. The van der Waals surface area contributed by atoms with E-state index < -0.39 is 35.5 Å². The first-order valence-electron chi connectivity index (χ1n) is 4.67. The van der Waals surface area contributed by atoms with Gasteiger partial charge in [-0.1, -0.05) is 6.07 Å². The average Bonchev–Trinajstić information content (AvgIpc) is 2.20. The molecular weight excluding hydrogens is 270 g/mol. The van der Waals surface area contributed by atoms with Gasteiger partial charge in [0.1, 0.15) is 5.69 Å². The molecule has 0 aliphatic rings. The van der Waals surface area contributed by atoms with Crippen LogP contribution in [0.25, 0.3) is 0 Å². The Morgan fingerprint density at radius 3 is 2.32 bits per heavy atom. The molecule has 1 aromatic rings. The van der Waals surface area contributed by atoms with Crippen LogP contribution < -0.4 is 21.9 Å². The van der Waals surface area contributed by atoms with E-state index in [-0.39, 0.29) is 0 Å². The van der Waals surface area contributed by atoms with Crippen LogP contribution in [0.15, 0.2) is 28.2 Å². The van der Waals surface area contributed by atoms with Crippen molar-refractivity contribution in [2.45, 2.75) is 6.36 Å². The van der Waals surface area contributed by atoms with E-state index in [2.05, 4.69) is 14.7 Å². The highest BCUT2D eigenvalue weighted by atomic mass is 19.4. The third-order valence-corrected chi connectivity index (χ3v) is 1.65. The smallest absolute Gasteiger partial charge is 0.403 e. The number of guanidine groups is 2.